The first kappa shape index (κ1) is 26.8. The molecular formula is C27H30FNO7. The summed E-state index contributed by atoms with van der Waals surface area (Å²) >= 11 is 0. The second kappa shape index (κ2) is 10.5. The van der Waals surface area contributed by atoms with Gasteiger partial charge in [0.1, 0.15) is 11.4 Å². The third kappa shape index (κ3) is 7.13. The summed E-state index contributed by atoms with van der Waals surface area (Å²) in [6.45, 7) is 7.77. The van der Waals surface area contributed by atoms with Gasteiger partial charge in [-0.1, -0.05) is 36.4 Å². The lowest BCUT2D eigenvalue weighted by Gasteiger charge is -2.33. The molecule has 1 aliphatic rings. The third-order valence-corrected chi connectivity index (χ3v) is 5.32. The van der Waals surface area contributed by atoms with E-state index in [1.54, 1.807) is 32.9 Å². The van der Waals surface area contributed by atoms with Crippen molar-refractivity contribution < 1.29 is 37.8 Å². The lowest BCUT2D eigenvalue weighted by molar-refractivity contribution is -0.238. The number of hydrogen-bond acceptors (Lipinski definition) is 7. The fourth-order valence-electron chi connectivity index (χ4n) is 3.73. The van der Waals surface area contributed by atoms with Crippen LogP contribution in [0, 0.1) is 11.7 Å². The Balaban J connectivity index is 1.76. The number of Topliss-reactive ketones (excluding diaryl/α,β-unsaturated/α-hetero) is 1. The summed E-state index contributed by atoms with van der Waals surface area (Å²) in [5.41, 5.74) is 1.54. The van der Waals surface area contributed by atoms with Crippen LogP contribution >= 0.6 is 0 Å². The quantitative estimate of drug-likeness (QED) is 0.446. The van der Waals surface area contributed by atoms with Crippen LogP contribution in [0.25, 0.3) is 11.1 Å². The summed E-state index contributed by atoms with van der Waals surface area (Å²) in [5.74, 6) is -6.54. The molecule has 1 N–H and O–H groups in total. The van der Waals surface area contributed by atoms with E-state index in [-0.39, 0.29) is 12.2 Å². The number of rotatable bonds is 7. The first-order valence-corrected chi connectivity index (χ1v) is 11.6. The zero-order chi connectivity index (χ0) is 26.7. The van der Waals surface area contributed by atoms with Gasteiger partial charge >= 0.3 is 18.0 Å². The molecule has 1 fully saturated rings. The van der Waals surface area contributed by atoms with Crippen LogP contribution in [0.1, 0.15) is 46.6 Å². The molecule has 0 aromatic heterocycles. The van der Waals surface area contributed by atoms with Gasteiger partial charge < -0.3 is 19.5 Å². The van der Waals surface area contributed by atoms with Gasteiger partial charge in [0.2, 0.25) is 5.92 Å². The molecule has 1 aliphatic heterocycles. The van der Waals surface area contributed by atoms with Gasteiger partial charge in [0.05, 0.1) is 6.04 Å². The first-order valence-electron chi connectivity index (χ1n) is 11.6. The van der Waals surface area contributed by atoms with E-state index in [9.17, 15) is 23.6 Å². The van der Waals surface area contributed by atoms with Gasteiger partial charge in [-0.05, 0) is 62.4 Å². The van der Waals surface area contributed by atoms with Crippen molar-refractivity contribution in [2.24, 2.45) is 5.92 Å². The summed E-state index contributed by atoms with van der Waals surface area (Å²) in [7, 11) is 0. The summed E-state index contributed by atoms with van der Waals surface area (Å²) < 4.78 is 28.9. The minimum absolute atomic E-state index is 0.0812. The molecule has 1 heterocycles. The molecule has 8 nitrogen and oxygen atoms in total. The topological polar surface area (TPSA) is 108 Å². The minimum atomic E-state index is -1.81. The fourth-order valence-corrected chi connectivity index (χ4v) is 3.73. The maximum absolute atomic E-state index is 13.5. The lowest BCUT2D eigenvalue weighted by atomic mass is 9.92. The summed E-state index contributed by atoms with van der Waals surface area (Å²) in [4.78, 5) is 50.5. The Morgan fingerprint density at radius 3 is 2.19 bits per heavy atom. The Labute approximate surface area is 209 Å². The van der Waals surface area contributed by atoms with Gasteiger partial charge in [-0.2, -0.15) is 0 Å². The molecule has 0 unspecified atom stereocenters. The molecule has 0 saturated carbocycles. The lowest BCUT2D eigenvalue weighted by Crippen LogP contribution is -2.54. The van der Waals surface area contributed by atoms with E-state index in [0.29, 0.717) is 6.42 Å². The molecule has 3 rings (SSSR count). The molecule has 1 atom stereocenters. The van der Waals surface area contributed by atoms with Crippen LogP contribution in [-0.4, -0.2) is 41.2 Å². The Morgan fingerprint density at radius 1 is 1.03 bits per heavy atom. The standard InChI is InChI=1S/C27H30FNO7/c1-26(2,3)36-25(33)29-20(22(30)21-23(31)34-27(4,5)35-24(21)32)14-11-16-9-12-17(13-10-16)18-7-6-8-19(28)15-18/h6-10,12-13,15,20-21H,11,14H2,1-5H3,(H,29,33)/t20-/m0/s1. The number of amides is 1. The number of carbonyl (C=O) groups excluding carboxylic acids is 4. The Hall–Kier alpha value is -3.75. The largest absolute Gasteiger partial charge is 0.444 e. The molecule has 0 bridgehead atoms. The molecule has 1 amide bonds. The van der Waals surface area contributed by atoms with Crippen LogP contribution in [0.4, 0.5) is 9.18 Å². The Bertz CT molecular complexity index is 1130. The SMILES string of the molecule is CC(C)(C)OC(=O)N[C@@H](CCc1ccc(-c2cccc(F)c2)cc1)C(=O)C1C(=O)OC(C)(C)OC1=O. The molecule has 0 radical (unpaired) electrons. The highest BCUT2D eigenvalue weighted by molar-refractivity contribution is 6.17. The fraction of sp³-hybridized carbons (Fsp3) is 0.407. The third-order valence-electron chi connectivity index (χ3n) is 5.32. The van der Waals surface area contributed by atoms with Crippen molar-refractivity contribution in [3.05, 3.63) is 59.9 Å². The minimum Gasteiger partial charge on any atom is -0.444 e. The first-order chi connectivity index (χ1) is 16.7. The highest BCUT2D eigenvalue weighted by Crippen LogP contribution is 2.26. The molecule has 1 saturated heterocycles. The van der Waals surface area contributed by atoms with Gasteiger partial charge in [0, 0.05) is 13.8 Å². The normalized spacial score (nSPS) is 16.5. The molecule has 36 heavy (non-hydrogen) atoms. The number of carbonyl (C=O) groups is 4. The van der Waals surface area contributed by atoms with Crippen molar-refractivity contribution >= 4 is 23.8 Å². The maximum Gasteiger partial charge on any atom is 0.408 e. The van der Waals surface area contributed by atoms with Crippen molar-refractivity contribution in [3.63, 3.8) is 0 Å². The average molecular weight is 500 g/mol. The van der Waals surface area contributed by atoms with Crippen molar-refractivity contribution in [2.45, 2.75) is 64.9 Å². The van der Waals surface area contributed by atoms with Crippen LogP contribution in [0.2, 0.25) is 0 Å². The van der Waals surface area contributed by atoms with Crippen LogP contribution in [-0.2, 0) is 35.0 Å². The van der Waals surface area contributed by atoms with E-state index in [4.69, 9.17) is 14.2 Å². The number of cyclic esters (lactones) is 2. The maximum atomic E-state index is 13.5. The van der Waals surface area contributed by atoms with Gasteiger partial charge in [-0.15, -0.1) is 0 Å². The monoisotopic (exact) mass is 499 g/mol. The smallest absolute Gasteiger partial charge is 0.408 e. The highest BCUT2D eigenvalue weighted by atomic mass is 19.1. The number of alkyl carbamates (subject to hydrolysis) is 1. The number of ketones is 1. The predicted molar refractivity (Wildman–Crippen MR) is 128 cm³/mol. The second-order valence-electron chi connectivity index (χ2n) is 10.0. The van der Waals surface area contributed by atoms with Gasteiger partial charge in [0.15, 0.2) is 5.78 Å². The van der Waals surface area contributed by atoms with Gasteiger partial charge in [-0.25, -0.2) is 9.18 Å². The highest BCUT2D eigenvalue weighted by Gasteiger charge is 2.49. The van der Waals surface area contributed by atoms with E-state index in [1.165, 1.54) is 26.0 Å². The molecule has 192 valence electrons. The van der Waals surface area contributed by atoms with E-state index >= 15 is 0 Å². The van der Waals surface area contributed by atoms with Crippen LogP contribution < -0.4 is 5.32 Å². The van der Waals surface area contributed by atoms with E-state index in [2.05, 4.69) is 5.32 Å². The van der Waals surface area contributed by atoms with E-state index < -0.39 is 47.2 Å². The number of benzene rings is 2. The van der Waals surface area contributed by atoms with E-state index in [0.717, 1.165) is 16.7 Å². The zero-order valence-corrected chi connectivity index (χ0v) is 20.9. The number of hydrogen-bond donors (Lipinski definition) is 1. The summed E-state index contributed by atoms with van der Waals surface area (Å²) in [6.07, 6.45) is -0.448. The molecular weight excluding hydrogens is 469 g/mol. The van der Waals surface area contributed by atoms with Gasteiger partial charge in [-0.3, -0.25) is 14.4 Å². The number of nitrogens with one attached hydrogen (secondary N) is 1. The van der Waals surface area contributed by atoms with Crippen molar-refractivity contribution in [2.75, 3.05) is 0 Å². The van der Waals surface area contributed by atoms with Crippen molar-refractivity contribution in [1.82, 2.24) is 5.32 Å². The van der Waals surface area contributed by atoms with Crippen molar-refractivity contribution in [1.29, 1.82) is 0 Å². The molecule has 0 spiro atoms. The Kier molecular flexibility index (Phi) is 7.81. The van der Waals surface area contributed by atoms with Crippen molar-refractivity contribution in [3.8, 4) is 11.1 Å². The summed E-state index contributed by atoms with van der Waals surface area (Å²) in [6, 6.07) is 12.3. The number of halogens is 1. The average Bonchev–Trinajstić information content (AvgIpc) is 2.74. The van der Waals surface area contributed by atoms with Crippen LogP contribution in [0.15, 0.2) is 48.5 Å². The van der Waals surface area contributed by atoms with Gasteiger partial charge in [0.25, 0.3) is 5.79 Å². The van der Waals surface area contributed by atoms with Crippen LogP contribution in [0.3, 0.4) is 0 Å². The number of esters is 2. The second-order valence-corrected chi connectivity index (χ2v) is 10.0. The number of ether oxygens (including phenoxy) is 3. The Morgan fingerprint density at radius 2 is 1.64 bits per heavy atom. The zero-order valence-electron chi connectivity index (χ0n) is 20.9. The molecule has 2 aromatic carbocycles. The number of aryl methyl sites for hydroxylation is 1. The summed E-state index contributed by atoms with van der Waals surface area (Å²) in [5, 5.41) is 2.48. The molecule has 2 aromatic rings. The molecule has 0 aliphatic carbocycles. The predicted octanol–water partition coefficient (Wildman–Crippen LogP) is 4.34. The van der Waals surface area contributed by atoms with E-state index in [1.807, 2.05) is 24.3 Å². The van der Waals surface area contributed by atoms with Crippen LogP contribution in [0.5, 0.6) is 0 Å². The molecule has 9 heteroatoms.